The normalized spacial score (nSPS) is 17.9. The Balaban J connectivity index is 0.000000204. The van der Waals surface area contributed by atoms with Gasteiger partial charge < -0.3 is 14.6 Å². The third kappa shape index (κ3) is 9.04. The molecule has 4 nitrogen and oxygen atoms in total. The number of likely N-dealkylation sites (tertiary alicyclic amines) is 1. The predicted octanol–water partition coefficient (Wildman–Crippen LogP) is 6.48. The summed E-state index contributed by atoms with van der Waals surface area (Å²) in [6, 6.07) is 15.4. The van der Waals surface area contributed by atoms with Gasteiger partial charge in [-0.3, -0.25) is 4.90 Å². The van der Waals surface area contributed by atoms with E-state index in [1.165, 1.54) is 32.4 Å². The monoisotopic (exact) mass is 445 g/mol. The van der Waals surface area contributed by atoms with Gasteiger partial charge in [0.1, 0.15) is 30.5 Å². The Kier molecular flexibility index (Phi) is 11.7. The minimum absolute atomic E-state index is 0.271. The molecule has 0 aliphatic carbocycles. The van der Waals surface area contributed by atoms with Crippen molar-refractivity contribution in [3.8, 4) is 17.2 Å². The number of ether oxygens (including phenoxy) is 2. The lowest BCUT2D eigenvalue weighted by atomic mass is 10.1. The molecule has 1 fully saturated rings. The van der Waals surface area contributed by atoms with Crippen molar-refractivity contribution in [3.63, 3.8) is 0 Å². The smallest absolute Gasteiger partial charge is 0.136 e. The number of hydrogen-bond donors (Lipinski definition) is 1. The van der Waals surface area contributed by atoms with Crippen molar-refractivity contribution >= 4 is 11.8 Å². The van der Waals surface area contributed by atoms with E-state index in [2.05, 4.69) is 18.7 Å². The average Bonchev–Trinajstić information content (AvgIpc) is 2.82. The highest BCUT2D eigenvalue weighted by atomic mass is 32.2. The molecule has 2 aliphatic rings. The Morgan fingerprint density at radius 3 is 2.45 bits per heavy atom. The van der Waals surface area contributed by atoms with Crippen LogP contribution < -0.4 is 9.47 Å². The van der Waals surface area contributed by atoms with Gasteiger partial charge >= 0.3 is 0 Å². The topological polar surface area (TPSA) is 41.9 Å². The minimum atomic E-state index is 0.271. The Labute approximate surface area is 193 Å². The second-order valence-electron chi connectivity index (χ2n) is 7.91. The molecule has 2 aromatic rings. The first kappa shape index (κ1) is 25.4. The zero-order valence-corrected chi connectivity index (χ0v) is 20.4. The van der Waals surface area contributed by atoms with Gasteiger partial charge in [-0.15, -0.1) is 11.8 Å². The molecule has 31 heavy (non-hydrogen) atoms. The summed E-state index contributed by atoms with van der Waals surface area (Å²) in [7, 11) is 0. The Morgan fingerprint density at radius 1 is 1.06 bits per heavy atom. The Bertz CT molecular complexity index is 733. The average molecular weight is 446 g/mol. The van der Waals surface area contributed by atoms with Gasteiger partial charge in [-0.1, -0.05) is 52.3 Å². The van der Waals surface area contributed by atoms with Gasteiger partial charge in [0, 0.05) is 17.9 Å². The molecule has 0 radical (unpaired) electrons. The van der Waals surface area contributed by atoms with Crippen LogP contribution in [-0.4, -0.2) is 48.1 Å². The van der Waals surface area contributed by atoms with Gasteiger partial charge in [0.15, 0.2) is 0 Å². The van der Waals surface area contributed by atoms with Crippen LogP contribution in [0.1, 0.15) is 47.0 Å². The number of benzene rings is 2. The quantitative estimate of drug-likeness (QED) is 0.570. The molecule has 2 aliphatic heterocycles. The fourth-order valence-corrected chi connectivity index (χ4v) is 4.51. The Morgan fingerprint density at radius 2 is 1.77 bits per heavy atom. The molecular formula is C26H39NO3S. The van der Waals surface area contributed by atoms with Gasteiger partial charge in [0.25, 0.3) is 0 Å². The second kappa shape index (κ2) is 14.3. The molecule has 4 rings (SSSR count). The lowest BCUT2D eigenvalue weighted by Gasteiger charge is -2.27. The van der Waals surface area contributed by atoms with Crippen molar-refractivity contribution in [2.45, 2.75) is 57.1 Å². The predicted molar refractivity (Wildman–Crippen MR) is 132 cm³/mol. The second-order valence-corrected chi connectivity index (χ2v) is 9.19. The van der Waals surface area contributed by atoms with Crippen LogP contribution in [0.3, 0.4) is 0 Å². The number of rotatable bonds is 5. The third-order valence-electron chi connectivity index (χ3n) is 5.22. The Hall–Kier alpha value is -1.85. The number of phenols is 1. The van der Waals surface area contributed by atoms with Crippen molar-refractivity contribution in [2.75, 3.05) is 32.8 Å². The van der Waals surface area contributed by atoms with E-state index in [0.29, 0.717) is 11.2 Å². The summed E-state index contributed by atoms with van der Waals surface area (Å²) in [5, 5.41) is 9.79. The maximum Gasteiger partial charge on any atom is 0.136 e. The lowest BCUT2D eigenvalue weighted by Crippen LogP contribution is -2.33. The van der Waals surface area contributed by atoms with E-state index in [0.717, 1.165) is 36.2 Å². The SMILES string of the molecule is CC.CC(C)C1COc2cc(O)ccc2S1.c1ccc(OCCN2CCCCC2)cc1. The molecule has 0 spiro atoms. The molecule has 0 bridgehead atoms. The molecule has 1 N–H and O–H groups in total. The van der Waals surface area contributed by atoms with E-state index in [-0.39, 0.29) is 5.75 Å². The van der Waals surface area contributed by atoms with Crippen molar-refractivity contribution in [1.82, 2.24) is 4.90 Å². The van der Waals surface area contributed by atoms with Crippen LogP contribution in [0, 0.1) is 5.92 Å². The number of piperidine rings is 1. The summed E-state index contributed by atoms with van der Waals surface area (Å²) in [6.07, 6.45) is 4.10. The fraction of sp³-hybridized carbons (Fsp3) is 0.538. The van der Waals surface area contributed by atoms with E-state index >= 15 is 0 Å². The minimum Gasteiger partial charge on any atom is -0.508 e. The van der Waals surface area contributed by atoms with Crippen molar-refractivity contribution in [1.29, 1.82) is 0 Å². The number of thioether (sulfide) groups is 1. The summed E-state index contributed by atoms with van der Waals surface area (Å²) in [4.78, 5) is 3.62. The summed E-state index contributed by atoms with van der Waals surface area (Å²) >= 11 is 1.84. The molecule has 2 heterocycles. The molecule has 172 valence electrons. The van der Waals surface area contributed by atoms with Gasteiger partial charge in [-0.05, 0) is 56.1 Å². The highest BCUT2D eigenvalue weighted by molar-refractivity contribution is 8.00. The van der Waals surface area contributed by atoms with E-state index in [4.69, 9.17) is 9.47 Å². The molecule has 1 saturated heterocycles. The molecule has 1 unspecified atom stereocenters. The number of aromatic hydroxyl groups is 1. The van der Waals surface area contributed by atoms with Crippen molar-refractivity contribution in [2.24, 2.45) is 5.92 Å². The standard InChI is InChI=1S/C13H19NO.C11H14O2S.C2H6/c1-3-7-13(8-4-1)15-12-11-14-9-5-2-6-10-14;1-7(2)11-6-13-9-5-8(12)3-4-10(9)14-11;1-2/h1,3-4,7-8H,2,5-6,9-12H2;3-5,7,11-12H,6H2,1-2H3;1-2H3. The highest BCUT2D eigenvalue weighted by Gasteiger charge is 2.23. The van der Waals surface area contributed by atoms with Crippen LogP contribution in [-0.2, 0) is 0 Å². The number of para-hydroxylation sites is 1. The summed E-state index contributed by atoms with van der Waals surface area (Å²) in [6.45, 7) is 13.5. The van der Waals surface area contributed by atoms with Crippen LogP contribution in [0.15, 0.2) is 53.4 Å². The van der Waals surface area contributed by atoms with Crippen LogP contribution in [0.2, 0.25) is 0 Å². The largest absolute Gasteiger partial charge is 0.508 e. The summed E-state index contributed by atoms with van der Waals surface area (Å²) in [5.41, 5.74) is 0. The first-order valence-electron chi connectivity index (χ1n) is 11.6. The molecule has 1 atom stereocenters. The molecule has 0 amide bonds. The van der Waals surface area contributed by atoms with E-state index < -0.39 is 0 Å². The zero-order valence-electron chi connectivity index (χ0n) is 19.5. The number of hydrogen-bond acceptors (Lipinski definition) is 5. The van der Waals surface area contributed by atoms with Crippen molar-refractivity contribution in [3.05, 3.63) is 48.5 Å². The maximum atomic E-state index is 9.27. The van der Waals surface area contributed by atoms with E-state index in [1.54, 1.807) is 12.1 Å². The third-order valence-corrected chi connectivity index (χ3v) is 6.79. The van der Waals surface area contributed by atoms with Crippen LogP contribution >= 0.6 is 11.8 Å². The van der Waals surface area contributed by atoms with Crippen LogP contribution in [0.5, 0.6) is 17.2 Å². The lowest BCUT2D eigenvalue weighted by molar-refractivity contribution is 0.183. The van der Waals surface area contributed by atoms with Crippen LogP contribution in [0.25, 0.3) is 0 Å². The molecule has 0 saturated carbocycles. The van der Waals surface area contributed by atoms with Crippen LogP contribution in [0.4, 0.5) is 0 Å². The number of phenolic OH excluding ortho intramolecular Hbond substituents is 1. The highest BCUT2D eigenvalue weighted by Crippen LogP contribution is 2.40. The molecule has 2 aromatic carbocycles. The van der Waals surface area contributed by atoms with Gasteiger partial charge in [0.2, 0.25) is 0 Å². The molecule has 5 heteroatoms. The van der Waals surface area contributed by atoms with Crippen molar-refractivity contribution < 1.29 is 14.6 Å². The van der Waals surface area contributed by atoms with Gasteiger partial charge in [0.05, 0.1) is 4.90 Å². The fourth-order valence-electron chi connectivity index (χ4n) is 3.40. The summed E-state index contributed by atoms with van der Waals surface area (Å²) < 4.78 is 11.3. The van der Waals surface area contributed by atoms with E-state index in [9.17, 15) is 5.11 Å². The van der Waals surface area contributed by atoms with Gasteiger partial charge in [-0.2, -0.15) is 0 Å². The maximum absolute atomic E-state index is 9.27. The van der Waals surface area contributed by atoms with E-state index in [1.807, 2.05) is 62.0 Å². The van der Waals surface area contributed by atoms with Gasteiger partial charge in [-0.25, -0.2) is 0 Å². The first-order chi connectivity index (χ1) is 15.1. The summed E-state index contributed by atoms with van der Waals surface area (Å²) in [5.74, 6) is 2.68. The number of nitrogens with zero attached hydrogens (tertiary/aromatic N) is 1. The first-order valence-corrected chi connectivity index (χ1v) is 12.5. The number of fused-ring (bicyclic) bond motifs is 1. The molecular weight excluding hydrogens is 406 g/mol. The zero-order chi connectivity index (χ0) is 22.5. The molecule has 0 aromatic heterocycles.